The molecule has 0 radical (unpaired) electrons. The van der Waals surface area contributed by atoms with Gasteiger partial charge in [0.15, 0.2) is 9.84 Å². The Morgan fingerprint density at radius 2 is 1.96 bits per heavy atom. The average molecular weight is 378 g/mol. The number of carbonyl (C=O) groups is 3. The molecule has 0 unspecified atom stereocenters. The molecular formula is C17H18N2O6S. The molecule has 3 heterocycles. The second kappa shape index (κ2) is 6.08. The lowest BCUT2D eigenvalue weighted by Crippen LogP contribution is -2.49. The lowest BCUT2D eigenvalue weighted by atomic mass is 10.1. The summed E-state index contributed by atoms with van der Waals surface area (Å²) < 4.78 is 28.5. The molecular weight excluding hydrogens is 360 g/mol. The highest BCUT2D eigenvalue weighted by molar-refractivity contribution is 7.91. The lowest BCUT2D eigenvalue weighted by Gasteiger charge is -2.29. The van der Waals surface area contributed by atoms with Crippen LogP contribution in [0.1, 0.15) is 41.4 Å². The monoisotopic (exact) mass is 378 g/mol. The molecule has 9 heteroatoms. The molecule has 2 saturated heterocycles. The SMILES string of the molecule is O=C1O[C@H](N2C(=O)CC[C@H]2C(=O)N[C@@H]2CCS(=O)(=O)C2)c2ccccc21. The minimum atomic E-state index is -3.12. The van der Waals surface area contributed by atoms with Gasteiger partial charge in [-0.1, -0.05) is 18.2 Å². The molecule has 0 aliphatic carbocycles. The first-order valence-corrected chi connectivity index (χ1v) is 10.3. The third-order valence-corrected chi connectivity index (χ3v) is 6.82. The number of hydrogen-bond acceptors (Lipinski definition) is 6. The fraction of sp³-hybridized carbons (Fsp3) is 0.471. The van der Waals surface area contributed by atoms with Crippen molar-refractivity contribution in [1.29, 1.82) is 0 Å². The van der Waals surface area contributed by atoms with E-state index in [4.69, 9.17) is 4.74 Å². The molecule has 3 atom stereocenters. The van der Waals surface area contributed by atoms with Crippen LogP contribution in [0.25, 0.3) is 0 Å². The Kier molecular flexibility index (Phi) is 3.98. The predicted octanol–water partition coefficient (Wildman–Crippen LogP) is 0.150. The highest BCUT2D eigenvalue weighted by atomic mass is 32.2. The maximum absolute atomic E-state index is 12.7. The molecule has 1 aromatic carbocycles. The van der Waals surface area contributed by atoms with Crippen LogP contribution in [0.4, 0.5) is 0 Å². The first-order chi connectivity index (χ1) is 12.4. The number of rotatable bonds is 3. The minimum absolute atomic E-state index is 0.0544. The van der Waals surface area contributed by atoms with Crippen LogP contribution < -0.4 is 5.32 Å². The van der Waals surface area contributed by atoms with E-state index in [9.17, 15) is 22.8 Å². The molecule has 2 amide bonds. The molecule has 8 nitrogen and oxygen atoms in total. The minimum Gasteiger partial charge on any atom is -0.433 e. The summed E-state index contributed by atoms with van der Waals surface area (Å²) in [6, 6.07) is 5.55. The molecule has 3 aliphatic rings. The van der Waals surface area contributed by atoms with Crippen molar-refractivity contribution in [3.05, 3.63) is 35.4 Å². The Bertz CT molecular complexity index is 896. The second-order valence-corrected chi connectivity index (χ2v) is 9.04. The maximum atomic E-state index is 12.7. The van der Waals surface area contributed by atoms with Gasteiger partial charge in [0.1, 0.15) is 6.04 Å². The molecule has 26 heavy (non-hydrogen) atoms. The quantitative estimate of drug-likeness (QED) is 0.750. The number of sulfone groups is 1. The molecule has 1 aromatic rings. The van der Waals surface area contributed by atoms with Crippen LogP contribution in [-0.2, 0) is 24.2 Å². The number of esters is 1. The van der Waals surface area contributed by atoms with E-state index in [1.807, 2.05) is 0 Å². The Morgan fingerprint density at radius 1 is 1.19 bits per heavy atom. The third-order valence-electron chi connectivity index (χ3n) is 5.05. The summed E-state index contributed by atoms with van der Waals surface area (Å²) in [5.41, 5.74) is 0.951. The number of hydrogen-bond donors (Lipinski definition) is 1. The molecule has 0 aromatic heterocycles. The van der Waals surface area contributed by atoms with E-state index >= 15 is 0 Å². The number of amides is 2. The third kappa shape index (κ3) is 2.86. The number of ether oxygens (including phenoxy) is 1. The van der Waals surface area contributed by atoms with Gasteiger partial charge in [-0.15, -0.1) is 0 Å². The van der Waals surface area contributed by atoms with Gasteiger partial charge in [0.05, 0.1) is 17.1 Å². The number of fused-ring (bicyclic) bond motifs is 1. The van der Waals surface area contributed by atoms with Gasteiger partial charge in [0.2, 0.25) is 18.0 Å². The predicted molar refractivity (Wildman–Crippen MR) is 89.7 cm³/mol. The molecule has 2 fully saturated rings. The Morgan fingerprint density at radius 3 is 2.69 bits per heavy atom. The zero-order valence-electron chi connectivity index (χ0n) is 13.9. The number of benzene rings is 1. The number of nitrogens with zero attached hydrogens (tertiary/aromatic N) is 1. The molecule has 0 spiro atoms. The van der Waals surface area contributed by atoms with E-state index in [0.29, 0.717) is 24.0 Å². The number of likely N-dealkylation sites (tertiary alicyclic amines) is 1. The van der Waals surface area contributed by atoms with Gasteiger partial charge in [-0.2, -0.15) is 0 Å². The number of nitrogens with one attached hydrogen (secondary N) is 1. The van der Waals surface area contributed by atoms with Crippen molar-refractivity contribution in [3.63, 3.8) is 0 Å². The van der Waals surface area contributed by atoms with E-state index < -0.39 is 40.0 Å². The lowest BCUT2D eigenvalue weighted by molar-refractivity contribution is -0.145. The standard InChI is InChI=1S/C17H18N2O6S/c20-14-6-5-13(15(21)18-10-7-8-26(23,24)9-10)19(14)16-11-3-1-2-4-12(11)17(22)25-16/h1-4,10,13,16H,5-9H2,(H,18,21)/t10-,13+,16+/m1/s1. The van der Waals surface area contributed by atoms with Gasteiger partial charge in [0, 0.05) is 18.0 Å². The maximum Gasteiger partial charge on any atom is 0.340 e. The van der Waals surface area contributed by atoms with Crippen LogP contribution in [-0.4, -0.2) is 54.7 Å². The smallest absolute Gasteiger partial charge is 0.340 e. The van der Waals surface area contributed by atoms with Crippen molar-refractivity contribution in [3.8, 4) is 0 Å². The molecule has 0 bridgehead atoms. The first-order valence-electron chi connectivity index (χ1n) is 8.47. The summed E-state index contributed by atoms with van der Waals surface area (Å²) in [5, 5.41) is 2.73. The number of carbonyl (C=O) groups excluding carboxylic acids is 3. The fourth-order valence-corrected chi connectivity index (χ4v) is 5.47. The highest BCUT2D eigenvalue weighted by Gasteiger charge is 2.46. The van der Waals surface area contributed by atoms with E-state index in [1.54, 1.807) is 24.3 Å². The molecule has 138 valence electrons. The van der Waals surface area contributed by atoms with E-state index in [0.717, 1.165) is 0 Å². The largest absolute Gasteiger partial charge is 0.433 e. The molecule has 4 rings (SSSR count). The van der Waals surface area contributed by atoms with Crippen molar-refractivity contribution in [2.75, 3.05) is 11.5 Å². The Balaban J connectivity index is 1.55. The molecule has 0 saturated carbocycles. The van der Waals surface area contributed by atoms with Crippen LogP contribution >= 0.6 is 0 Å². The number of cyclic esters (lactones) is 1. The molecule has 3 aliphatic heterocycles. The van der Waals surface area contributed by atoms with E-state index in [-0.39, 0.29) is 23.8 Å². The van der Waals surface area contributed by atoms with Crippen molar-refractivity contribution < 1.29 is 27.5 Å². The van der Waals surface area contributed by atoms with Crippen LogP contribution in [0.3, 0.4) is 0 Å². The van der Waals surface area contributed by atoms with Crippen LogP contribution in [0.2, 0.25) is 0 Å². The van der Waals surface area contributed by atoms with Crippen LogP contribution in [0.15, 0.2) is 24.3 Å². The van der Waals surface area contributed by atoms with Crippen LogP contribution in [0, 0.1) is 0 Å². The van der Waals surface area contributed by atoms with Crippen molar-refractivity contribution in [2.24, 2.45) is 0 Å². The Labute approximate surface area is 150 Å². The van der Waals surface area contributed by atoms with Crippen molar-refractivity contribution >= 4 is 27.6 Å². The van der Waals surface area contributed by atoms with Gasteiger partial charge in [-0.3, -0.25) is 14.5 Å². The Hall–Kier alpha value is -2.42. The topological polar surface area (TPSA) is 110 Å². The molecule has 1 N–H and O–H groups in total. The summed E-state index contributed by atoms with van der Waals surface area (Å²) in [6.07, 6.45) is -0.0649. The van der Waals surface area contributed by atoms with Crippen molar-refractivity contribution in [1.82, 2.24) is 10.2 Å². The van der Waals surface area contributed by atoms with Crippen LogP contribution in [0.5, 0.6) is 0 Å². The zero-order chi connectivity index (χ0) is 18.5. The highest BCUT2D eigenvalue weighted by Crippen LogP contribution is 2.38. The van der Waals surface area contributed by atoms with Gasteiger partial charge in [-0.25, -0.2) is 13.2 Å². The zero-order valence-corrected chi connectivity index (χ0v) is 14.7. The van der Waals surface area contributed by atoms with Gasteiger partial charge >= 0.3 is 5.97 Å². The van der Waals surface area contributed by atoms with E-state index in [2.05, 4.69) is 5.32 Å². The van der Waals surface area contributed by atoms with Gasteiger partial charge in [-0.05, 0) is 18.9 Å². The van der Waals surface area contributed by atoms with Gasteiger partial charge < -0.3 is 10.1 Å². The van der Waals surface area contributed by atoms with Crippen molar-refractivity contribution in [2.45, 2.75) is 37.6 Å². The summed E-state index contributed by atoms with van der Waals surface area (Å²) in [6.45, 7) is 0. The second-order valence-electron chi connectivity index (χ2n) is 6.81. The fourth-order valence-electron chi connectivity index (χ4n) is 3.79. The summed E-state index contributed by atoms with van der Waals surface area (Å²) in [4.78, 5) is 38.4. The van der Waals surface area contributed by atoms with E-state index in [1.165, 1.54) is 4.90 Å². The normalized spacial score (nSPS) is 29.5. The average Bonchev–Trinajstić information content (AvgIpc) is 3.24. The summed E-state index contributed by atoms with van der Waals surface area (Å²) >= 11 is 0. The summed E-state index contributed by atoms with van der Waals surface area (Å²) in [5.74, 6) is -1.22. The first kappa shape index (κ1) is 17.0. The summed E-state index contributed by atoms with van der Waals surface area (Å²) in [7, 11) is -3.12. The van der Waals surface area contributed by atoms with Gasteiger partial charge in [0.25, 0.3) is 0 Å².